The summed E-state index contributed by atoms with van der Waals surface area (Å²) in [6.07, 6.45) is 7.74. The van der Waals surface area contributed by atoms with E-state index in [1.807, 2.05) is 12.2 Å². The van der Waals surface area contributed by atoms with Gasteiger partial charge in [0.2, 0.25) is 0 Å². The quantitative estimate of drug-likeness (QED) is 0.726. The van der Waals surface area contributed by atoms with Gasteiger partial charge >= 0.3 is 0 Å². The van der Waals surface area contributed by atoms with E-state index in [0.717, 1.165) is 11.3 Å². The second kappa shape index (κ2) is 6.41. The summed E-state index contributed by atoms with van der Waals surface area (Å²) in [5.74, 6) is 0. The Morgan fingerprint density at radius 2 is 1.57 bits per heavy atom. The number of benzene rings is 2. The second-order valence-electron chi connectivity index (χ2n) is 4.58. The molecule has 0 atom stereocenters. The average Bonchev–Trinajstić information content (AvgIpc) is 3.07. The molecule has 1 N–H and O–H groups in total. The van der Waals surface area contributed by atoms with Gasteiger partial charge in [0.1, 0.15) is 5.69 Å². The number of nitrogens with zero attached hydrogens (tertiary/aromatic N) is 2. The highest BCUT2D eigenvalue weighted by Gasteiger charge is 1.98. The van der Waals surface area contributed by atoms with Gasteiger partial charge in [-0.1, -0.05) is 42.5 Å². The SMILES string of the molecule is CSc1ccc(-c2ccc(/C=C/c3cn[nH]n3)cc2)cc1. The van der Waals surface area contributed by atoms with E-state index in [-0.39, 0.29) is 0 Å². The van der Waals surface area contributed by atoms with Crippen LogP contribution in [0.5, 0.6) is 0 Å². The van der Waals surface area contributed by atoms with Gasteiger partial charge in [-0.15, -0.1) is 11.8 Å². The van der Waals surface area contributed by atoms with Crippen molar-refractivity contribution in [2.75, 3.05) is 6.26 Å². The van der Waals surface area contributed by atoms with Crippen molar-refractivity contribution in [3.63, 3.8) is 0 Å². The standard InChI is InChI=1S/C17H15N3S/c1-21-17-10-7-15(8-11-17)14-5-2-13(3-6-14)4-9-16-12-18-20-19-16/h2-12H,1H3,(H,18,19,20)/b9-4+. The van der Waals surface area contributed by atoms with Crippen molar-refractivity contribution >= 4 is 23.9 Å². The third-order valence-electron chi connectivity index (χ3n) is 3.21. The van der Waals surface area contributed by atoms with Gasteiger partial charge in [0, 0.05) is 4.90 Å². The van der Waals surface area contributed by atoms with Gasteiger partial charge in [0.25, 0.3) is 0 Å². The van der Waals surface area contributed by atoms with Crippen molar-refractivity contribution < 1.29 is 0 Å². The molecule has 2 aromatic carbocycles. The van der Waals surface area contributed by atoms with E-state index >= 15 is 0 Å². The van der Waals surface area contributed by atoms with Crippen LogP contribution < -0.4 is 0 Å². The fourth-order valence-electron chi connectivity index (χ4n) is 2.04. The minimum Gasteiger partial charge on any atom is -0.197 e. The monoisotopic (exact) mass is 293 g/mol. The van der Waals surface area contributed by atoms with Crippen molar-refractivity contribution in [3.05, 3.63) is 66.0 Å². The summed E-state index contributed by atoms with van der Waals surface area (Å²) in [6.45, 7) is 0. The topological polar surface area (TPSA) is 41.6 Å². The van der Waals surface area contributed by atoms with Crippen molar-refractivity contribution in [1.82, 2.24) is 15.4 Å². The zero-order valence-corrected chi connectivity index (χ0v) is 12.5. The first-order valence-corrected chi connectivity index (χ1v) is 7.86. The molecule has 1 aromatic heterocycles. The van der Waals surface area contributed by atoms with E-state index in [1.54, 1.807) is 18.0 Å². The second-order valence-corrected chi connectivity index (χ2v) is 5.46. The van der Waals surface area contributed by atoms with Gasteiger partial charge in [0.05, 0.1) is 6.20 Å². The average molecular weight is 293 g/mol. The zero-order valence-electron chi connectivity index (χ0n) is 11.7. The maximum atomic E-state index is 3.99. The molecule has 0 unspecified atom stereocenters. The number of hydrogen-bond donors (Lipinski definition) is 1. The van der Waals surface area contributed by atoms with Crippen LogP contribution in [0.15, 0.2) is 59.6 Å². The molecular weight excluding hydrogens is 278 g/mol. The molecule has 3 rings (SSSR count). The van der Waals surface area contributed by atoms with Gasteiger partial charge in [-0.3, -0.25) is 0 Å². The summed E-state index contributed by atoms with van der Waals surface area (Å²) in [5.41, 5.74) is 4.43. The molecule has 0 fully saturated rings. The van der Waals surface area contributed by atoms with E-state index < -0.39 is 0 Å². The summed E-state index contributed by atoms with van der Waals surface area (Å²) in [6, 6.07) is 17.1. The number of aromatic nitrogens is 3. The summed E-state index contributed by atoms with van der Waals surface area (Å²) in [7, 11) is 0. The number of H-pyrrole nitrogens is 1. The molecule has 104 valence electrons. The van der Waals surface area contributed by atoms with E-state index in [0.29, 0.717) is 0 Å². The van der Waals surface area contributed by atoms with E-state index in [1.165, 1.54) is 16.0 Å². The van der Waals surface area contributed by atoms with Gasteiger partial charge in [-0.2, -0.15) is 15.4 Å². The lowest BCUT2D eigenvalue weighted by molar-refractivity contribution is 0.937. The third kappa shape index (κ3) is 3.41. The molecule has 0 aliphatic heterocycles. The van der Waals surface area contributed by atoms with Crippen molar-refractivity contribution in [2.45, 2.75) is 4.90 Å². The van der Waals surface area contributed by atoms with E-state index in [2.05, 4.69) is 70.2 Å². The molecule has 0 saturated heterocycles. The number of thioether (sulfide) groups is 1. The maximum Gasteiger partial charge on any atom is 0.105 e. The number of hydrogen-bond acceptors (Lipinski definition) is 3. The summed E-state index contributed by atoms with van der Waals surface area (Å²) in [4.78, 5) is 1.28. The van der Waals surface area contributed by atoms with Gasteiger partial charge in [0.15, 0.2) is 0 Å². The number of rotatable bonds is 4. The Morgan fingerprint density at radius 3 is 2.14 bits per heavy atom. The lowest BCUT2D eigenvalue weighted by Crippen LogP contribution is -1.79. The summed E-state index contributed by atoms with van der Waals surface area (Å²) < 4.78 is 0. The maximum absolute atomic E-state index is 3.99. The number of nitrogens with one attached hydrogen (secondary N) is 1. The van der Waals surface area contributed by atoms with Crippen molar-refractivity contribution in [1.29, 1.82) is 0 Å². The normalized spacial score (nSPS) is 11.1. The first-order valence-electron chi connectivity index (χ1n) is 6.63. The molecule has 0 aliphatic carbocycles. The van der Waals surface area contributed by atoms with Crippen LogP contribution in [0.3, 0.4) is 0 Å². The molecule has 3 nitrogen and oxygen atoms in total. The van der Waals surface area contributed by atoms with Crippen LogP contribution in [0, 0.1) is 0 Å². The Balaban J connectivity index is 1.77. The highest BCUT2D eigenvalue weighted by atomic mass is 32.2. The molecule has 0 radical (unpaired) electrons. The Hall–Kier alpha value is -2.33. The minimum atomic E-state index is 0.826. The fraction of sp³-hybridized carbons (Fsp3) is 0.0588. The van der Waals surface area contributed by atoms with E-state index in [4.69, 9.17) is 0 Å². The molecule has 0 aliphatic rings. The van der Waals surface area contributed by atoms with Crippen LogP contribution in [0.25, 0.3) is 23.3 Å². The number of aromatic amines is 1. The fourth-order valence-corrected chi connectivity index (χ4v) is 2.45. The predicted octanol–water partition coefficient (Wildman–Crippen LogP) is 4.36. The van der Waals surface area contributed by atoms with Crippen LogP contribution in [0.4, 0.5) is 0 Å². The Labute approximate surface area is 128 Å². The molecule has 1 heterocycles. The smallest absolute Gasteiger partial charge is 0.105 e. The molecule has 3 aromatic rings. The highest BCUT2D eigenvalue weighted by Crippen LogP contribution is 2.23. The van der Waals surface area contributed by atoms with Crippen molar-refractivity contribution in [2.24, 2.45) is 0 Å². The molecular formula is C17H15N3S. The lowest BCUT2D eigenvalue weighted by Gasteiger charge is -2.03. The van der Waals surface area contributed by atoms with Gasteiger partial charge in [-0.05, 0) is 41.2 Å². The van der Waals surface area contributed by atoms with Crippen LogP contribution >= 0.6 is 11.8 Å². The zero-order chi connectivity index (χ0) is 14.5. The Kier molecular flexibility index (Phi) is 4.17. The molecule has 4 heteroatoms. The third-order valence-corrected chi connectivity index (χ3v) is 3.96. The van der Waals surface area contributed by atoms with Crippen LogP contribution in [0.1, 0.15) is 11.3 Å². The first-order chi connectivity index (χ1) is 10.3. The Morgan fingerprint density at radius 1 is 0.905 bits per heavy atom. The summed E-state index contributed by atoms with van der Waals surface area (Å²) >= 11 is 1.76. The molecule has 0 saturated carbocycles. The highest BCUT2D eigenvalue weighted by molar-refractivity contribution is 7.98. The largest absolute Gasteiger partial charge is 0.197 e. The lowest BCUT2D eigenvalue weighted by atomic mass is 10.0. The molecule has 0 amide bonds. The van der Waals surface area contributed by atoms with Crippen LogP contribution in [-0.2, 0) is 0 Å². The first kappa shape index (κ1) is 13.6. The van der Waals surface area contributed by atoms with E-state index in [9.17, 15) is 0 Å². The van der Waals surface area contributed by atoms with Gasteiger partial charge < -0.3 is 0 Å². The van der Waals surface area contributed by atoms with Crippen LogP contribution in [-0.4, -0.2) is 21.7 Å². The minimum absolute atomic E-state index is 0.826. The molecule has 21 heavy (non-hydrogen) atoms. The van der Waals surface area contributed by atoms with Crippen LogP contribution in [0.2, 0.25) is 0 Å². The van der Waals surface area contributed by atoms with Gasteiger partial charge in [-0.25, -0.2) is 0 Å². The predicted molar refractivity (Wildman–Crippen MR) is 89.0 cm³/mol. The molecule has 0 spiro atoms. The van der Waals surface area contributed by atoms with Crippen molar-refractivity contribution in [3.8, 4) is 11.1 Å². The molecule has 0 bridgehead atoms. The Bertz CT molecular complexity index is 714. The summed E-state index contributed by atoms with van der Waals surface area (Å²) in [5, 5.41) is 10.4.